The molecule has 0 radical (unpaired) electrons. The van der Waals surface area contributed by atoms with Crippen LogP contribution in [0, 0.1) is 0 Å². The Balaban J connectivity index is 2.28. The molecular formula is C13H8BrClN2O3. The van der Waals surface area contributed by atoms with Gasteiger partial charge < -0.3 is 10.4 Å². The van der Waals surface area contributed by atoms with Crippen molar-refractivity contribution in [1.82, 2.24) is 4.98 Å². The minimum Gasteiger partial charge on any atom is -0.478 e. The molecule has 0 saturated carbocycles. The molecule has 5 nitrogen and oxygen atoms in total. The van der Waals surface area contributed by atoms with E-state index in [1.807, 2.05) is 0 Å². The SMILES string of the molecule is O=C(O)c1cc(Cl)cc(NC(=O)c2cccnc2Br)c1. The van der Waals surface area contributed by atoms with Gasteiger partial charge in [-0.2, -0.15) is 0 Å². The average molecular weight is 356 g/mol. The first kappa shape index (κ1) is 14.5. The van der Waals surface area contributed by atoms with E-state index in [0.29, 0.717) is 15.9 Å². The maximum absolute atomic E-state index is 12.1. The smallest absolute Gasteiger partial charge is 0.335 e. The molecule has 2 aromatic rings. The number of amides is 1. The topological polar surface area (TPSA) is 79.3 Å². The molecule has 20 heavy (non-hydrogen) atoms. The van der Waals surface area contributed by atoms with Crippen LogP contribution >= 0.6 is 27.5 Å². The second-order valence-electron chi connectivity index (χ2n) is 3.83. The maximum Gasteiger partial charge on any atom is 0.335 e. The van der Waals surface area contributed by atoms with Crippen molar-refractivity contribution in [3.8, 4) is 0 Å². The lowest BCUT2D eigenvalue weighted by Crippen LogP contribution is -2.13. The summed E-state index contributed by atoms with van der Waals surface area (Å²) in [5.74, 6) is -1.53. The Morgan fingerprint density at radius 2 is 2.05 bits per heavy atom. The Morgan fingerprint density at radius 1 is 1.30 bits per heavy atom. The molecule has 0 spiro atoms. The quantitative estimate of drug-likeness (QED) is 0.827. The first-order chi connectivity index (χ1) is 9.47. The summed E-state index contributed by atoms with van der Waals surface area (Å²) in [5.41, 5.74) is 0.637. The van der Waals surface area contributed by atoms with Crippen LogP contribution in [0.25, 0.3) is 0 Å². The van der Waals surface area contributed by atoms with E-state index in [1.165, 1.54) is 18.2 Å². The molecule has 2 rings (SSSR count). The normalized spacial score (nSPS) is 10.1. The maximum atomic E-state index is 12.1. The molecule has 1 heterocycles. The predicted molar refractivity (Wildman–Crippen MR) is 78.3 cm³/mol. The summed E-state index contributed by atoms with van der Waals surface area (Å²) in [5, 5.41) is 11.7. The summed E-state index contributed by atoms with van der Waals surface area (Å²) in [6.45, 7) is 0. The van der Waals surface area contributed by atoms with Gasteiger partial charge in [0.05, 0.1) is 11.1 Å². The lowest BCUT2D eigenvalue weighted by molar-refractivity contribution is 0.0696. The number of benzene rings is 1. The zero-order chi connectivity index (χ0) is 14.7. The molecule has 0 aliphatic rings. The highest BCUT2D eigenvalue weighted by Gasteiger charge is 2.12. The number of pyridine rings is 1. The van der Waals surface area contributed by atoms with Crippen LogP contribution in [0.15, 0.2) is 41.1 Å². The van der Waals surface area contributed by atoms with Crippen LogP contribution in [-0.4, -0.2) is 22.0 Å². The predicted octanol–water partition coefficient (Wildman–Crippen LogP) is 3.45. The number of hydrogen-bond acceptors (Lipinski definition) is 3. The fourth-order valence-corrected chi connectivity index (χ4v) is 2.20. The fourth-order valence-electron chi connectivity index (χ4n) is 1.54. The third-order valence-corrected chi connectivity index (χ3v) is 3.26. The fraction of sp³-hybridized carbons (Fsp3) is 0. The number of carbonyl (C=O) groups is 2. The Labute approximate surface area is 127 Å². The molecule has 0 unspecified atom stereocenters. The number of hydrogen-bond donors (Lipinski definition) is 2. The molecule has 1 amide bonds. The van der Waals surface area contributed by atoms with E-state index < -0.39 is 11.9 Å². The van der Waals surface area contributed by atoms with Crippen molar-refractivity contribution >= 4 is 45.1 Å². The van der Waals surface area contributed by atoms with Crippen LogP contribution in [0.1, 0.15) is 20.7 Å². The second-order valence-corrected chi connectivity index (χ2v) is 5.02. The lowest BCUT2D eigenvalue weighted by Gasteiger charge is -2.07. The van der Waals surface area contributed by atoms with Crippen LogP contribution in [0.4, 0.5) is 5.69 Å². The number of halogens is 2. The highest BCUT2D eigenvalue weighted by Crippen LogP contribution is 2.21. The van der Waals surface area contributed by atoms with Gasteiger partial charge in [-0.3, -0.25) is 4.79 Å². The third-order valence-electron chi connectivity index (χ3n) is 2.41. The van der Waals surface area contributed by atoms with E-state index in [0.717, 1.165) is 0 Å². The van der Waals surface area contributed by atoms with Crippen molar-refractivity contribution in [3.05, 3.63) is 57.3 Å². The zero-order valence-electron chi connectivity index (χ0n) is 9.93. The molecular weight excluding hydrogens is 348 g/mol. The highest BCUT2D eigenvalue weighted by molar-refractivity contribution is 9.10. The molecule has 0 aliphatic carbocycles. The van der Waals surface area contributed by atoms with Gasteiger partial charge in [-0.05, 0) is 46.3 Å². The van der Waals surface area contributed by atoms with Gasteiger partial charge in [0, 0.05) is 16.9 Å². The molecule has 0 bridgehead atoms. The number of rotatable bonds is 3. The van der Waals surface area contributed by atoms with Crippen LogP contribution in [0.5, 0.6) is 0 Å². The molecule has 102 valence electrons. The average Bonchev–Trinajstić information content (AvgIpc) is 2.38. The summed E-state index contributed by atoms with van der Waals surface area (Å²) in [7, 11) is 0. The number of aromatic carboxylic acids is 1. The summed E-state index contributed by atoms with van der Waals surface area (Å²) >= 11 is 8.99. The molecule has 1 aromatic carbocycles. The number of carboxylic acid groups (broad SMARTS) is 1. The number of nitrogens with one attached hydrogen (secondary N) is 1. The number of carbonyl (C=O) groups excluding carboxylic acids is 1. The van der Waals surface area contributed by atoms with E-state index in [2.05, 4.69) is 26.2 Å². The van der Waals surface area contributed by atoms with Crippen molar-refractivity contribution in [2.24, 2.45) is 0 Å². The molecule has 0 saturated heterocycles. The molecule has 7 heteroatoms. The second kappa shape index (κ2) is 6.02. The molecule has 0 atom stereocenters. The van der Waals surface area contributed by atoms with Crippen molar-refractivity contribution in [2.45, 2.75) is 0 Å². The largest absolute Gasteiger partial charge is 0.478 e. The molecule has 2 N–H and O–H groups in total. The van der Waals surface area contributed by atoms with Crippen molar-refractivity contribution in [1.29, 1.82) is 0 Å². The van der Waals surface area contributed by atoms with Gasteiger partial charge in [-0.25, -0.2) is 9.78 Å². The van der Waals surface area contributed by atoms with Crippen molar-refractivity contribution in [3.63, 3.8) is 0 Å². The van der Waals surface area contributed by atoms with Crippen molar-refractivity contribution in [2.75, 3.05) is 5.32 Å². The van der Waals surface area contributed by atoms with Crippen LogP contribution in [-0.2, 0) is 0 Å². The first-order valence-corrected chi connectivity index (χ1v) is 6.60. The molecule has 0 fully saturated rings. The lowest BCUT2D eigenvalue weighted by atomic mass is 10.2. The summed E-state index contributed by atoms with van der Waals surface area (Å²) in [6, 6.07) is 7.32. The zero-order valence-corrected chi connectivity index (χ0v) is 12.3. The van der Waals surface area contributed by atoms with Gasteiger partial charge in [-0.15, -0.1) is 0 Å². The van der Waals surface area contributed by atoms with E-state index in [1.54, 1.807) is 18.3 Å². The van der Waals surface area contributed by atoms with Gasteiger partial charge in [0.15, 0.2) is 0 Å². The highest BCUT2D eigenvalue weighted by atomic mass is 79.9. The Hall–Kier alpha value is -1.92. The minimum atomic E-state index is -1.12. The van der Waals surface area contributed by atoms with E-state index >= 15 is 0 Å². The van der Waals surface area contributed by atoms with E-state index in [9.17, 15) is 9.59 Å². The Morgan fingerprint density at radius 3 is 2.70 bits per heavy atom. The Kier molecular flexibility index (Phi) is 4.36. The molecule has 1 aromatic heterocycles. The van der Waals surface area contributed by atoms with Crippen molar-refractivity contribution < 1.29 is 14.7 Å². The summed E-state index contributed by atoms with van der Waals surface area (Å²) < 4.78 is 0.401. The number of anilines is 1. The van der Waals surface area contributed by atoms with E-state index in [-0.39, 0.29) is 10.6 Å². The van der Waals surface area contributed by atoms with Gasteiger partial charge >= 0.3 is 5.97 Å². The standard InChI is InChI=1S/C13H8BrClN2O3/c14-11-10(2-1-3-16-11)12(18)17-9-5-7(13(19)20)4-8(15)6-9/h1-6H,(H,17,18)(H,19,20). The number of nitrogens with zero attached hydrogens (tertiary/aromatic N) is 1. The van der Waals surface area contributed by atoms with Gasteiger partial charge in [0.1, 0.15) is 4.60 Å². The van der Waals surface area contributed by atoms with Gasteiger partial charge in [0.2, 0.25) is 0 Å². The Bertz CT molecular complexity index is 691. The minimum absolute atomic E-state index is 0.00180. The van der Waals surface area contributed by atoms with Gasteiger partial charge in [-0.1, -0.05) is 11.6 Å². The summed E-state index contributed by atoms with van der Waals surface area (Å²) in [6.07, 6.45) is 1.54. The third kappa shape index (κ3) is 3.34. The van der Waals surface area contributed by atoms with Crippen LogP contribution in [0.2, 0.25) is 5.02 Å². The summed E-state index contributed by atoms with van der Waals surface area (Å²) in [4.78, 5) is 26.9. The monoisotopic (exact) mass is 354 g/mol. The van der Waals surface area contributed by atoms with Gasteiger partial charge in [0.25, 0.3) is 5.91 Å². The number of carboxylic acids is 1. The van der Waals surface area contributed by atoms with Crippen LogP contribution in [0.3, 0.4) is 0 Å². The molecule has 0 aliphatic heterocycles. The van der Waals surface area contributed by atoms with E-state index in [4.69, 9.17) is 16.7 Å². The van der Waals surface area contributed by atoms with Crippen LogP contribution < -0.4 is 5.32 Å². The number of aromatic nitrogens is 1. The first-order valence-electron chi connectivity index (χ1n) is 5.43.